The second-order valence-corrected chi connectivity index (χ2v) is 4.78. The van der Waals surface area contributed by atoms with Crippen molar-refractivity contribution >= 4 is 17.7 Å². The monoisotopic (exact) mass is 294 g/mol. The fraction of sp³-hybridized carbons (Fsp3) is 0.429. The molecular weight excluding hydrogens is 276 g/mol. The highest BCUT2D eigenvalue weighted by Gasteiger charge is 2.17. The van der Waals surface area contributed by atoms with E-state index in [0.29, 0.717) is 24.8 Å². The minimum absolute atomic E-state index is 0.0477. The van der Waals surface area contributed by atoms with Crippen LogP contribution in [0.5, 0.6) is 5.75 Å². The number of amides is 2. The van der Waals surface area contributed by atoms with Crippen molar-refractivity contribution in [1.82, 2.24) is 5.32 Å². The second kappa shape index (κ2) is 6.94. The van der Waals surface area contributed by atoms with Crippen LogP contribution in [0, 0.1) is 5.92 Å². The third kappa shape index (κ3) is 4.09. The van der Waals surface area contributed by atoms with Crippen LogP contribution in [0.3, 0.4) is 0 Å². The van der Waals surface area contributed by atoms with Crippen molar-refractivity contribution < 1.29 is 24.2 Å². The maximum atomic E-state index is 11.8. The summed E-state index contributed by atoms with van der Waals surface area (Å²) in [6.45, 7) is 1.96. The number of carboxylic acid groups (broad SMARTS) is 1. The number of carboxylic acids is 1. The maximum Gasteiger partial charge on any atom is 0.339 e. The van der Waals surface area contributed by atoms with Crippen LogP contribution in [0.25, 0.3) is 0 Å². The number of rotatable bonds is 5. The molecule has 1 atom stereocenters. The molecule has 0 aliphatic carbocycles. The summed E-state index contributed by atoms with van der Waals surface area (Å²) in [5, 5.41) is 14.4. The highest BCUT2D eigenvalue weighted by molar-refractivity contribution is 5.94. The van der Waals surface area contributed by atoms with E-state index in [-0.39, 0.29) is 17.3 Å². The van der Waals surface area contributed by atoms with E-state index in [2.05, 4.69) is 10.6 Å². The molecule has 0 aromatic heterocycles. The number of ether oxygens (including phenoxy) is 2. The van der Waals surface area contributed by atoms with Crippen molar-refractivity contribution in [1.29, 1.82) is 0 Å². The molecule has 3 N–H and O–H groups in total. The van der Waals surface area contributed by atoms with Crippen LogP contribution in [0.15, 0.2) is 18.2 Å². The van der Waals surface area contributed by atoms with Gasteiger partial charge in [-0.25, -0.2) is 9.59 Å². The molecule has 0 radical (unpaired) electrons. The number of hydrogen-bond donors (Lipinski definition) is 3. The summed E-state index contributed by atoms with van der Waals surface area (Å²) < 4.78 is 10.2. The Morgan fingerprint density at radius 1 is 1.48 bits per heavy atom. The number of hydrogen-bond acceptors (Lipinski definition) is 4. The lowest BCUT2D eigenvalue weighted by Crippen LogP contribution is -2.33. The molecule has 2 rings (SSSR count). The Kier molecular flexibility index (Phi) is 4.99. The third-order valence-corrected chi connectivity index (χ3v) is 3.27. The molecule has 1 aromatic rings. The summed E-state index contributed by atoms with van der Waals surface area (Å²) in [4.78, 5) is 22.7. The molecule has 0 spiro atoms. The minimum atomic E-state index is -1.08. The largest absolute Gasteiger partial charge is 0.496 e. The third-order valence-electron chi connectivity index (χ3n) is 3.27. The summed E-state index contributed by atoms with van der Waals surface area (Å²) >= 11 is 0. The molecule has 1 unspecified atom stereocenters. The number of methoxy groups -OCH3 is 1. The van der Waals surface area contributed by atoms with Gasteiger partial charge in [0, 0.05) is 30.8 Å². The first kappa shape index (κ1) is 15.1. The molecule has 1 fully saturated rings. The average molecular weight is 294 g/mol. The van der Waals surface area contributed by atoms with Crippen molar-refractivity contribution in [3.63, 3.8) is 0 Å². The van der Waals surface area contributed by atoms with Gasteiger partial charge in [0.25, 0.3) is 0 Å². The zero-order chi connectivity index (χ0) is 15.2. The lowest BCUT2D eigenvalue weighted by Gasteiger charge is -2.12. The van der Waals surface area contributed by atoms with Gasteiger partial charge in [-0.2, -0.15) is 0 Å². The lowest BCUT2D eigenvalue weighted by atomic mass is 10.1. The first-order chi connectivity index (χ1) is 10.1. The van der Waals surface area contributed by atoms with Crippen molar-refractivity contribution in [2.45, 2.75) is 6.42 Å². The number of carbonyl (C=O) groups is 2. The van der Waals surface area contributed by atoms with E-state index >= 15 is 0 Å². The Morgan fingerprint density at radius 3 is 2.90 bits per heavy atom. The van der Waals surface area contributed by atoms with Crippen LogP contribution in [-0.4, -0.2) is 44.0 Å². The molecule has 1 aromatic carbocycles. The van der Waals surface area contributed by atoms with Gasteiger partial charge in [0.1, 0.15) is 11.3 Å². The van der Waals surface area contributed by atoms with Gasteiger partial charge >= 0.3 is 12.0 Å². The Bertz CT molecular complexity index is 526. The normalized spacial score (nSPS) is 17.3. The summed E-state index contributed by atoms with van der Waals surface area (Å²) in [7, 11) is 1.38. The quantitative estimate of drug-likeness (QED) is 0.765. The molecule has 7 nitrogen and oxygen atoms in total. The van der Waals surface area contributed by atoms with Crippen LogP contribution in [0.4, 0.5) is 10.5 Å². The fourth-order valence-corrected chi connectivity index (χ4v) is 2.10. The predicted molar refractivity (Wildman–Crippen MR) is 75.9 cm³/mol. The molecule has 2 amide bonds. The van der Waals surface area contributed by atoms with E-state index in [1.165, 1.54) is 25.3 Å². The lowest BCUT2D eigenvalue weighted by molar-refractivity contribution is 0.0693. The summed E-state index contributed by atoms with van der Waals surface area (Å²) in [6, 6.07) is 4.04. The van der Waals surface area contributed by atoms with Crippen LogP contribution >= 0.6 is 0 Å². The van der Waals surface area contributed by atoms with Crippen LogP contribution in [0.1, 0.15) is 16.8 Å². The second-order valence-electron chi connectivity index (χ2n) is 4.78. The van der Waals surface area contributed by atoms with Gasteiger partial charge in [0.2, 0.25) is 0 Å². The molecule has 1 heterocycles. The Balaban J connectivity index is 1.92. The molecular formula is C14H18N2O5. The molecule has 1 saturated heterocycles. The molecule has 1 aliphatic heterocycles. The summed E-state index contributed by atoms with van der Waals surface area (Å²) in [5.74, 6) is -0.534. The topological polar surface area (TPSA) is 96.9 Å². The number of urea groups is 1. The molecule has 1 aliphatic rings. The molecule has 114 valence electrons. The van der Waals surface area contributed by atoms with Gasteiger partial charge in [0.15, 0.2) is 0 Å². The Hall–Kier alpha value is -2.28. The average Bonchev–Trinajstić information content (AvgIpc) is 2.98. The van der Waals surface area contributed by atoms with Gasteiger partial charge in [-0.15, -0.1) is 0 Å². The smallest absolute Gasteiger partial charge is 0.339 e. The highest BCUT2D eigenvalue weighted by Crippen LogP contribution is 2.23. The van der Waals surface area contributed by atoms with Gasteiger partial charge in [-0.05, 0) is 18.6 Å². The highest BCUT2D eigenvalue weighted by atomic mass is 16.5. The van der Waals surface area contributed by atoms with E-state index in [1.807, 2.05) is 0 Å². The zero-order valence-corrected chi connectivity index (χ0v) is 11.7. The van der Waals surface area contributed by atoms with E-state index in [4.69, 9.17) is 14.6 Å². The van der Waals surface area contributed by atoms with E-state index in [1.54, 1.807) is 0 Å². The summed E-state index contributed by atoms with van der Waals surface area (Å²) in [5.41, 5.74) is 0.517. The SMILES string of the molecule is COc1cc(NC(=O)NCC2CCOC2)ccc1C(=O)O. The first-order valence-corrected chi connectivity index (χ1v) is 6.64. The van der Waals surface area contributed by atoms with Crippen molar-refractivity contribution in [2.75, 3.05) is 32.2 Å². The molecule has 21 heavy (non-hydrogen) atoms. The Labute approximate surface area is 122 Å². The molecule has 0 bridgehead atoms. The van der Waals surface area contributed by atoms with Gasteiger partial charge < -0.3 is 25.2 Å². The molecule has 0 saturated carbocycles. The van der Waals surface area contributed by atoms with Gasteiger partial charge in [-0.1, -0.05) is 0 Å². The van der Waals surface area contributed by atoms with Crippen molar-refractivity contribution in [3.8, 4) is 5.75 Å². The fourth-order valence-electron chi connectivity index (χ4n) is 2.10. The predicted octanol–water partition coefficient (Wildman–Crippen LogP) is 1.55. The zero-order valence-electron chi connectivity index (χ0n) is 11.7. The van der Waals surface area contributed by atoms with Crippen molar-refractivity contribution in [2.24, 2.45) is 5.92 Å². The van der Waals surface area contributed by atoms with Gasteiger partial charge in [0.05, 0.1) is 13.7 Å². The van der Waals surface area contributed by atoms with E-state index in [9.17, 15) is 9.59 Å². The van der Waals surface area contributed by atoms with Gasteiger partial charge in [-0.3, -0.25) is 0 Å². The van der Waals surface area contributed by atoms with E-state index < -0.39 is 5.97 Å². The number of anilines is 1. The van der Waals surface area contributed by atoms with Crippen LogP contribution < -0.4 is 15.4 Å². The molecule has 7 heteroatoms. The van der Waals surface area contributed by atoms with Crippen molar-refractivity contribution in [3.05, 3.63) is 23.8 Å². The van der Waals surface area contributed by atoms with Crippen LogP contribution in [0.2, 0.25) is 0 Å². The number of aromatic carboxylic acids is 1. The number of carbonyl (C=O) groups excluding carboxylic acids is 1. The standard InChI is InChI=1S/C14H18N2O5/c1-20-12-6-10(2-3-11(12)13(17)18)16-14(19)15-7-9-4-5-21-8-9/h2-3,6,9H,4-5,7-8H2,1H3,(H,17,18)(H2,15,16,19). The number of benzene rings is 1. The number of nitrogens with one attached hydrogen (secondary N) is 2. The minimum Gasteiger partial charge on any atom is -0.496 e. The first-order valence-electron chi connectivity index (χ1n) is 6.64. The Morgan fingerprint density at radius 2 is 2.29 bits per heavy atom. The summed E-state index contributed by atoms with van der Waals surface area (Å²) in [6.07, 6.45) is 0.946. The van der Waals surface area contributed by atoms with Crippen LogP contribution in [-0.2, 0) is 4.74 Å². The maximum absolute atomic E-state index is 11.8. The van der Waals surface area contributed by atoms with E-state index in [0.717, 1.165) is 13.0 Å².